The average molecular weight is 296 g/mol. The molecule has 0 saturated heterocycles. The van der Waals surface area contributed by atoms with Crippen molar-refractivity contribution < 1.29 is 9.18 Å². The minimum atomic E-state index is -0.499. The van der Waals surface area contributed by atoms with Crippen LogP contribution in [0.5, 0.6) is 0 Å². The van der Waals surface area contributed by atoms with Crippen LogP contribution in [0.1, 0.15) is 38.3 Å². The van der Waals surface area contributed by atoms with E-state index in [9.17, 15) is 9.18 Å². The van der Waals surface area contributed by atoms with Gasteiger partial charge < -0.3 is 11.1 Å². The van der Waals surface area contributed by atoms with E-state index in [1.165, 1.54) is 17.8 Å². The third kappa shape index (κ3) is 3.52. The predicted octanol–water partition coefficient (Wildman–Crippen LogP) is 2.85. The maximum atomic E-state index is 13.8. The Morgan fingerprint density at radius 2 is 2.30 bits per heavy atom. The molecule has 110 valence electrons. The lowest BCUT2D eigenvalue weighted by molar-refractivity contribution is -0.123. The quantitative estimate of drug-likeness (QED) is 0.898. The second-order valence-corrected chi connectivity index (χ2v) is 6.70. The Bertz CT molecular complexity index is 493. The van der Waals surface area contributed by atoms with Crippen molar-refractivity contribution in [3.05, 3.63) is 29.6 Å². The van der Waals surface area contributed by atoms with E-state index in [2.05, 4.69) is 5.32 Å². The second-order valence-electron chi connectivity index (χ2n) is 5.59. The summed E-state index contributed by atoms with van der Waals surface area (Å²) in [5.41, 5.74) is 6.76. The van der Waals surface area contributed by atoms with Crippen LogP contribution in [0.3, 0.4) is 0 Å². The van der Waals surface area contributed by atoms with Gasteiger partial charge in [0, 0.05) is 10.6 Å². The first-order chi connectivity index (χ1) is 9.49. The molecule has 0 aromatic heterocycles. The first kappa shape index (κ1) is 15.3. The average Bonchev–Trinajstić information content (AvgIpc) is 2.39. The Morgan fingerprint density at radius 1 is 1.55 bits per heavy atom. The number of amides is 1. The zero-order valence-corrected chi connectivity index (χ0v) is 12.7. The van der Waals surface area contributed by atoms with Gasteiger partial charge in [0.15, 0.2) is 0 Å². The summed E-state index contributed by atoms with van der Waals surface area (Å²) >= 11 is 1.51. The van der Waals surface area contributed by atoms with E-state index in [0.717, 1.165) is 17.7 Å². The number of hydrogen-bond acceptors (Lipinski definition) is 3. The molecule has 0 radical (unpaired) electrons. The van der Waals surface area contributed by atoms with E-state index < -0.39 is 6.04 Å². The summed E-state index contributed by atoms with van der Waals surface area (Å²) in [6.45, 7) is 4.07. The monoisotopic (exact) mass is 296 g/mol. The van der Waals surface area contributed by atoms with Gasteiger partial charge in [0.1, 0.15) is 5.82 Å². The smallest absolute Gasteiger partial charge is 0.237 e. The van der Waals surface area contributed by atoms with Gasteiger partial charge >= 0.3 is 0 Å². The van der Waals surface area contributed by atoms with E-state index in [1.807, 2.05) is 19.9 Å². The number of rotatable bonds is 4. The highest BCUT2D eigenvalue weighted by molar-refractivity contribution is 7.99. The molecule has 20 heavy (non-hydrogen) atoms. The van der Waals surface area contributed by atoms with E-state index in [1.54, 1.807) is 6.07 Å². The predicted molar refractivity (Wildman–Crippen MR) is 80.1 cm³/mol. The summed E-state index contributed by atoms with van der Waals surface area (Å²) in [6.07, 6.45) is 1.46. The number of fused-ring (bicyclic) bond motifs is 1. The van der Waals surface area contributed by atoms with Crippen molar-refractivity contribution in [1.82, 2.24) is 5.32 Å². The molecule has 1 amide bonds. The lowest BCUT2D eigenvalue weighted by Crippen LogP contribution is -2.43. The minimum absolute atomic E-state index is 0.132. The fraction of sp³-hybridized carbons (Fsp3) is 0.533. The van der Waals surface area contributed by atoms with Crippen molar-refractivity contribution in [1.29, 1.82) is 0 Å². The number of carbonyl (C=O) groups is 1. The fourth-order valence-electron chi connectivity index (χ4n) is 2.43. The molecular formula is C15H21FN2OS. The molecule has 0 saturated carbocycles. The number of halogens is 1. The molecule has 1 aromatic carbocycles. The van der Waals surface area contributed by atoms with Gasteiger partial charge in [0.2, 0.25) is 5.91 Å². The van der Waals surface area contributed by atoms with Crippen molar-refractivity contribution in [2.24, 2.45) is 11.7 Å². The van der Waals surface area contributed by atoms with Gasteiger partial charge in [-0.2, -0.15) is 0 Å². The van der Waals surface area contributed by atoms with Gasteiger partial charge in [-0.05, 0) is 30.4 Å². The van der Waals surface area contributed by atoms with Crippen LogP contribution >= 0.6 is 11.8 Å². The summed E-state index contributed by atoms with van der Waals surface area (Å²) < 4.78 is 13.8. The van der Waals surface area contributed by atoms with Crippen LogP contribution < -0.4 is 11.1 Å². The highest BCUT2D eigenvalue weighted by Gasteiger charge is 2.26. The van der Waals surface area contributed by atoms with Crippen molar-refractivity contribution in [3.8, 4) is 0 Å². The van der Waals surface area contributed by atoms with Gasteiger partial charge in [-0.1, -0.05) is 26.0 Å². The van der Waals surface area contributed by atoms with E-state index in [-0.39, 0.29) is 17.8 Å². The van der Waals surface area contributed by atoms with Crippen LogP contribution in [-0.2, 0) is 4.79 Å². The molecule has 2 atom stereocenters. The van der Waals surface area contributed by atoms with Gasteiger partial charge in [-0.25, -0.2) is 4.39 Å². The lowest BCUT2D eigenvalue weighted by Gasteiger charge is -2.27. The Labute approximate surface area is 123 Å². The Balaban J connectivity index is 2.09. The number of thioether (sulfide) groups is 1. The molecule has 0 spiro atoms. The van der Waals surface area contributed by atoms with Crippen LogP contribution in [-0.4, -0.2) is 17.7 Å². The van der Waals surface area contributed by atoms with E-state index >= 15 is 0 Å². The van der Waals surface area contributed by atoms with Gasteiger partial charge in [0.05, 0.1) is 12.1 Å². The number of nitrogens with two attached hydrogens (primary N) is 1. The van der Waals surface area contributed by atoms with Crippen molar-refractivity contribution in [2.45, 2.75) is 43.7 Å². The summed E-state index contributed by atoms with van der Waals surface area (Å²) in [7, 11) is 0. The zero-order valence-electron chi connectivity index (χ0n) is 11.9. The first-order valence-corrected chi connectivity index (χ1v) is 7.94. The molecule has 1 aliphatic rings. The molecule has 5 heteroatoms. The van der Waals surface area contributed by atoms with E-state index in [4.69, 9.17) is 5.73 Å². The van der Waals surface area contributed by atoms with Crippen molar-refractivity contribution >= 4 is 17.7 Å². The first-order valence-electron chi connectivity index (χ1n) is 6.96. The fourth-order valence-corrected chi connectivity index (χ4v) is 3.57. The van der Waals surface area contributed by atoms with Crippen LogP contribution in [0, 0.1) is 11.7 Å². The standard InChI is InChI=1S/C15H21FN2OS/c1-9(2)8-12(17)15(19)18-13-6-7-20-14-10(13)4-3-5-11(14)16/h3-5,9,12-13H,6-8,17H2,1-2H3,(H,18,19)/t12-,13?/m0/s1. The highest BCUT2D eigenvalue weighted by atomic mass is 32.2. The number of carbonyl (C=O) groups excluding carboxylic acids is 1. The molecular weight excluding hydrogens is 275 g/mol. The van der Waals surface area contributed by atoms with Gasteiger partial charge in [-0.3, -0.25) is 4.79 Å². The molecule has 2 rings (SSSR count). The molecule has 1 aromatic rings. The number of benzene rings is 1. The Morgan fingerprint density at radius 3 is 3.00 bits per heavy atom. The Kier molecular flexibility index (Phi) is 5.05. The maximum Gasteiger partial charge on any atom is 0.237 e. The van der Waals surface area contributed by atoms with Gasteiger partial charge in [0.25, 0.3) is 0 Å². The molecule has 3 N–H and O–H groups in total. The SMILES string of the molecule is CC(C)C[C@H](N)C(=O)NC1CCSc2c(F)cccc21. The van der Waals surface area contributed by atoms with Crippen LogP contribution in [0.4, 0.5) is 4.39 Å². The summed E-state index contributed by atoms with van der Waals surface area (Å²) in [5, 5.41) is 2.96. The summed E-state index contributed by atoms with van der Waals surface area (Å²) in [6, 6.07) is 4.39. The number of hydrogen-bond donors (Lipinski definition) is 2. The van der Waals surface area contributed by atoms with Crippen LogP contribution in [0.25, 0.3) is 0 Å². The lowest BCUT2D eigenvalue weighted by atomic mass is 10.0. The molecule has 1 heterocycles. The molecule has 0 fully saturated rings. The largest absolute Gasteiger partial charge is 0.348 e. The van der Waals surface area contributed by atoms with Gasteiger partial charge in [-0.15, -0.1) is 11.8 Å². The van der Waals surface area contributed by atoms with Crippen LogP contribution in [0.2, 0.25) is 0 Å². The van der Waals surface area contributed by atoms with E-state index in [0.29, 0.717) is 17.2 Å². The summed E-state index contributed by atoms with van der Waals surface area (Å²) in [5.74, 6) is 0.823. The third-order valence-electron chi connectivity index (χ3n) is 3.40. The van der Waals surface area contributed by atoms with Crippen molar-refractivity contribution in [2.75, 3.05) is 5.75 Å². The molecule has 0 bridgehead atoms. The van der Waals surface area contributed by atoms with Crippen LogP contribution in [0.15, 0.2) is 23.1 Å². The second kappa shape index (κ2) is 6.59. The topological polar surface area (TPSA) is 55.1 Å². The molecule has 1 unspecified atom stereocenters. The molecule has 1 aliphatic heterocycles. The normalized spacial score (nSPS) is 19.6. The highest BCUT2D eigenvalue weighted by Crippen LogP contribution is 2.37. The number of nitrogens with one attached hydrogen (secondary N) is 1. The third-order valence-corrected chi connectivity index (χ3v) is 4.56. The molecule has 0 aliphatic carbocycles. The maximum absolute atomic E-state index is 13.8. The summed E-state index contributed by atoms with van der Waals surface area (Å²) in [4.78, 5) is 12.8. The molecule has 3 nitrogen and oxygen atoms in total. The minimum Gasteiger partial charge on any atom is -0.348 e. The zero-order chi connectivity index (χ0) is 14.7. The Hall–Kier alpha value is -1.07. The van der Waals surface area contributed by atoms with Crippen molar-refractivity contribution in [3.63, 3.8) is 0 Å².